The lowest BCUT2D eigenvalue weighted by molar-refractivity contribution is -0.190. The number of methoxy groups -OCH3 is 2. The first kappa shape index (κ1) is 22.6. The van der Waals surface area contributed by atoms with Crippen LogP contribution in [-0.4, -0.2) is 66.4 Å². The Kier molecular flexibility index (Phi) is 5.69. The van der Waals surface area contributed by atoms with E-state index in [4.69, 9.17) is 9.47 Å². The highest BCUT2D eigenvalue weighted by molar-refractivity contribution is 6.17. The van der Waals surface area contributed by atoms with E-state index in [-0.39, 0.29) is 13.1 Å². The van der Waals surface area contributed by atoms with Gasteiger partial charge in [-0.05, 0) is 43.0 Å². The van der Waals surface area contributed by atoms with Gasteiger partial charge >= 0.3 is 11.9 Å². The van der Waals surface area contributed by atoms with Gasteiger partial charge in [0.2, 0.25) is 0 Å². The number of hydrogen-bond acceptors (Lipinski definition) is 9. The quantitative estimate of drug-likeness (QED) is 0.502. The Morgan fingerprint density at radius 3 is 1.82 bits per heavy atom. The summed E-state index contributed by atoms with van der Waals surface area (Å²) in [6, 6.07) is 9.07. The molecule has 0 spiro atoms. The van der Waals surface area contributed by atoms with Gasteiger partial charge in [0.15, 0.2) is 16.6 Å². The van der Waals surface area contributed by atoms with E-state index < -0.39 is 40.6 Å². The highest BCUT2D eigenvalue weighted by atomic mass is 16.5. The number of hydrogen-bond donors (Lipinski definition) is 1. The largest absolute Gasteiger partial charge is 0.468 e. The summed E-state index contributed by atoms with van der Waals surface area (Å²) in [5.74, 6) is -1.40. The lowest BCUT2D eigenvalue weighted by Gasteiger charge is -2.57. The number of carbonyl (C=O) groups is 3. The zero-order chi connectivity index (χ0) is 23.9. The maximum atomic E-state index is 14.5. The number of rotatable bonds is 6. The molecule has 1 aliphatic carbocycles. The Labute approximate surface area is 197 Å². The first-order valence-corrected chi connectivity index (χ1v) is 11.5. The monoisotopic (exact) mass is 464 g/mol. The third-order valence-corrected chi connectivity index (χ3v) is 7.35. The second-order valence-corrected chi connectivity index (χ2v) is 9.41. The van der Waals surface area contributed by atoms with E-state index in [1.807, 2.05) is 12.1 Å². The minimum atomic E-state index is -1.67. The highest BCUT2D eigenvalue weighted by Gasteiger charge is 2.73. The molecule has 4 unspecified atom stereocenters. The van der Waals surface area contributed by atoms with Gasteiger partial charge in [-0.25, -0.2) is 0 Å². The second kappa shape index (κ2) is 8.56. The molecular weight excluding hydrogens is 436 g/mol. The number of nitrogens with one attached hydrogen (secondary N) is 1. The van der Waals surface area contributed by atoms with E-state index in [2.05, 4.69) is 20.2 Å². The lowest BCUT2D eigenvalue weighted by atomic mass is 9.55. The minimum Gasteiger partial charge on any atom is -0.468 e. The third kappa shape index (κ3) is 3.33. The van der Waals surface area contributed by atoms with Gasteiger partial charge in [-0.2, -0.15) is 0 Å². The lowest BCUT2D eigenvalue weighted by Crippen LogP contribution is -2.75. The summed E-state index contributed by atoms with van der Waals surface area (Å²) in [7, 11) is 2.54. The fourth-order valence-corrected chi connectivity index (χ4v) is 5.68. The van der Waals surface area contributed by atoms with Crippen LogP contribution in [0.2, 0.25) is 0 Å². The molecule has 2 bridgehead atoms. The third-order valence-electron chi connectivity index (χ3n) is 7.35. The van der Waals surface area contributed by atoms with Crippen LogP contribution in [0.3, 0.4) is 0 Å². The van der Waals surface area contributed by atoms with Crippen molar-refractivity contribution in [2.24, 2.45) is 16.7 Å². The van der Waals surface area contributed by atoms with Crippen molar-refractivity contribution in [2.75, 3.05) is 33.9 Å². The van der Waals surface area contributed by atoms with Crippen molar-refractivity contribution in [3.8, 4) is 0 Å². The first-order chi connectivity index (χ1) is 16.5. The molecule has 3 fully saturated rings. The fraction of sp³-hybridized carbons (Fsp3) is 0.480. The van der Waals surface area contributed by atoms with Crippen LogP contribution in [0.4, 0.5) is 0 Å². The van der Waals surface area contributed by atoms with E-state index in [9.17, 15) is 14.4 Å². The molecule has 5 rings (SSSR count). The van der Waals surface area contributed by atoms with Crippen molar-refractivity contribution in [1.82, 2.24) is 20.2 Å². The number of nitrogens with zero attached hydrogens (tertiary/aromatic N) is 3. The standard InChI is InChI=1S/C25H28N4O5/c1-33-22(31)24-14-29(13-16-9-10-16)15-25(21(24)30,23(32)34-2)20(18-8-4-6-12-27-18)28-19(24)17-7-3-5-11-26-17/h3-8,11-12,16,19-20,28H,9-10,13-15H2,1-2H3. The number of aromatic nitrogens is 2. The molecule has 0 aromatic carbocycles. The van der Waals surface area contributed by atoms with E-state index >= 15 is 0 Å². The average Bonchev–Trinajstić information content (AvgIpc) is 3.69. The van der Waals surface area contributed by atoms with Crippen molar-refractivity contribution in [2.45, 2.75) is 24.9 Å². The van der Waals surface area contributed by atoms with Gasteiger partial charge in [0.1, 0.15) is 0 Å². The fourth-order valence-electron chi connectivity index (χ4n) is 5.68. The molecule has 2 aromatic rings. The Hall–Kier alpha value is -3.17. The van der Waals surface area contributed by atoms with Crippen LogP contribution >= 0.6 is 0 Å². The highest BCUT2D eigenvalue weighted by Crippen LogP contribution is 2.56. The number of fused-ring (bicyclic) bond motifs is 2. The van der Waals surface area contributed by atoms with Crippen molar-refractivity contribution in [3.63, 3.8) is 0 Å². The van der Waals surface area contributed by atoms with E-state index in [1.165, 1.54) is 14.2 Å². The molecule has 1 N–H and O–H groups in total. The van der Waals surface area contributed by atoms with Gasteiger partial charge < -0.3 is 9.47 Å². The van der Waals surface area contributed by atoms with Gasteiger partial charge in [-0.1, -0.05) is 12.1 Å². The normalized spacial score (nSPS) is 31.1. The average molecular weight is 465 g/mol. The van der Waals surface area contributed by atoms with Crippen molar-refractivity contribution >= 4 is 17.7 Å². The van der Waals surface area contributed by atoms with Gasteiger partial charge in [0.25, 0.3) is 0 Å². The summed E-state index contributed by atoms with van der Waals surface area (Å²) < 4.78 is 10.5. The molecule has 178 valence electrons. The topological polar surface area (TPSA) is 111 Å². The van der Waals surface area contributed by atoms with Gasteiger partial charge in [-0.3, -0.25) is 34.6 Å². The minimum absolute atomic E-state index is 0.136. The van der Waals surface area contributed by atoms with Crippen LogP contribution in [0.25, 0.3) is 0 Å². The summed E-state index contributed by atoms with van der Waals surface area (Å²) in [5.41, 5.74) is -2.30. The zero-order valence-corrected chi connectivity index (χ0v) is 19.3. The van der Waals surface area contributed by atoms with Crippen molar-refractivity contribution in [1.29, 1.82) is 0 Å². The molecule has 1 saturated carbocycles. The van der Waals surface area contributed by atoms with E-state index in [0.29, 0.717) is 23.9 Å². The molecule has 2 aromatic heterocycles. The molecular formula is C25H28N4O5. The predicted octanol–water partition coefficient (Wildman–Crippen LogP) is 1.48. The number of likely N-dealkylation sites (tertiary alicyclic amines) is 1. The molecule has 9 heteroatoms. The summed E-state index contributed by atoms with van der Waals surface area (Å²) >= 11 is 0. The molecule has 4 atom stereocenters. The van der Waals surface area contributed by atoms with Crippen LogP contribution in [0.5, 0.6) is 0 Å². The Morgan fingerprint density at radius 1 is 0.941 bits per heavy atom. The number of ketones is 1. The summed E-state index contributed by atoms with van der Waals surface area (Å²) in [6.45, 7) is 0.961. The van der Waals surface area contributed by atoms with Crippen LogP contribution in [0.15, 0.2) is 48.8 Å². The van der Waals surface area contributed by atoms with Crippen LogP contribution < -0.4 is 5.32 Å². The molecule has 0 amide bonds. The molecule has 0 radical (unpaired) electrons. The summed E-state index contributed by atoms with van der Waals surface area (Å²) in [4.78, 5) is 52.6. The smallest absolute Gasteiger partial charge is 0.322 e. The molecule has 4 heterocycles. The number of esters is 2. The summed E-state index contributed by atoms with van der Waals surface area (Å²) in [6.07, 6.45) is 5.42. The number of carbonyl (C=O) groups excluding carboxylic acids is 3. The predicted molar refractivity (Wildman–Crippen MR) is 120 cm³/mol. The van der Waals surface area contributed by atoms with Crippen LogP contribution in [-0.2, 0) is 23.9 Å². The Bertz CT molecular complexity index is 1020. The second-order valence-electron chi connectivity index (χ2n) is 9.41. The van der Waals surface area contributed by atoms with Gasteiger partial charge in [-0.15, -0.1) is 0 Å². The van der Waals surface area contributed by atoms with Gasteiger partial charge in [0, 0.05) is 32.0 Å². The number of ether oxygens (including phenoxy) is 2. The molecule has 2 saturated heterocycles. The van der Waals surface area contributed by atoms with E-state index in [1.54, 1.807) is 36.7 Å². The number of Topliss-reactive ketones (excluding diaryl/α,β-unsaturated/α-hetero) is 1. The SMILES string of the molecule is COC(=O)C12CN(CC3CC3)CC(C(=O)OC)(C1=O)C(c1ccccn1)NC2c1ccccn1. The van der Waals surface area contributed by atoms with Crippen molar-refractivity contribution < 1.29 is 23.9 Å². The Balaban J connectivity index is 1.75. The van der Waals surface area contributed by atoms with Crippen LogP contribution in [0, 0.1) is 16.7 Å². The molecule has 2 aliphatic heterocycles. The Morgan fingerprint density at radius 2 is 1.44 bits per heavy atom. The van der Waals surface area contributed by atoms with Crippen LogP contribution in [0.1, 0.15) is 36.3 Å². The van der Waals surface area contributed by atoms with E-state index in [0.717, 1.165) is 12.8 Å². The maximum absolute atomic E-state index is 14.5. The number of piperidine rings is 2. The summed E-state index contributed by atoms with van der Waals surface area (Å²) in [5, 5.41) is 3.45. The molecule has 34 heavy (non-hydrogen) atoms. The number of pyridine rings is 2. The molecule has 9 nitrogen and oxygen atoms in total. The molecule has 3 aliphatic rings. The van der Waals surface area contributed by atoms with Gasteiger partial charge in [0.05, 0.1) is 37.7 Å². The van der Waals surface area contributed by atoms with Crippen molar-refractivity contribution in [3.05, 3.63) is 60.2 Å². The zero-order valence-electron chi connectivity index (χ0n) is 19.3. The first-order valence-electron chi connectivity index (χ1n) is 11.5. The maximum Gasteiger partial charge on any atom is 0.322 e.